The number of hydrogen-bond donors (Lipinski definition) is 14. The maximum Gasteiger partial charge on any atom is 0.472 e. The minimum absolute atomic E-state index is 0.187. The van der Waals surface area contributed by atoms with Crippen molar-refractivity contribution in [3.05, 3.63) is 0 Å². The maximum absolute atomic E-state index is 14.4. The summed E-state index contributed by atoms with van der Waals surface area (Å²) in [5.41, 5.74) is 0. The second kappa shape index (κ2) is 54.9. The number of rotatable bonds is 62. The normalized spacial score (nSPS) is 29.3. The van der Waals surface area contributed by atoms with Gasteiger partial charge in [-0.05, 0) is 44.4 Å². The lowest BCUT2D eigenvalue weighted by atomic mass is 9.84. The second-order valence-corrected chi connectivity index (χ2v) is 29.8. The van der Waals surface area contributed by atoms with E-state index in [0.29, 0.717) is 25.2 Å². The van der Waals surface area contributed by atoms with Gasteiger partial charge in [-0.25, -0.2) is 4.57 Å². The molecule has 3 fully saturated rings. The first-order valence-electron chi connectivity index (χ1n) is 38.6. The molecule has 0 aromatic rings. The van der Waals surface area contributed by atoms with Gasteiger partial charge in [0.15, 0.2) is 31.5 Å². The highest BCUT2D eigenvalue weighted by Crippen LogP contribution is 2.49. The summed E-state index contributed by atoms with van der Waals surface area (Å²) in [5, 5.41) is 143. The van der Waals surface area contributed by atoms with Crippen molar-refractivity contribution in [1.82, 2.24) is 0 Å². The molecule has 0 spiro atoms. The van der Waals surface area contributed by atoms with Crippen LogP contribution >= 0.6 is 7.82 Å². The van der Waals surface area contributed by atoms with Gasteiger partial charge < -0.3 is 104 Å². The molecule has 1 aliphatic carbocycles. The fourth-order valence-electron chi connectivity index (χ4n) is 13.2. The van der Waals surface area contributed by atoms with Gasteiger partial charge in [0.25, 0.3) is 0 Å². The van der Waals surface area contributed by atoms with Crippen LogP contribution in [-0.2, 0) is 46.8 Å². The van der Waals surface area contributed by atoms with Crippen molar-refractivity contribution in [2.24, 2.45) is 5.92 Å². The van der Waals surface area contributed by atoms with Crippen LogP contribution in [0.4, 0.5) is 0 Å². The minimum atomic E-state index is -5.63. The van der Waals surface area contributed by atoms with E-state index < -0.39 is 157 Å². The van der Waals surface area contributed by atoms with Crippen molar-refractivity contribution >= 4 is 7.82 Å². The summed E-state index contributed by atoms with van der Waals surface area (Å²) in [5.74, 6) is 0.716. The first kappa shape index (κ1) is 90.5. The fourth-order valence-corrected chi connectivity index (χ4v) is 14.2. The molecule has 2 saturated heterocycles. The van der Waals surface area contributed by atoms with Gasteiger partial charge in [0.1, 0.15) is 91.6 Å². The lowest BCUT2D eigenvalue weighted by molar-refractivity contribution is -0.361. The molecule has 0 amide bonds. The van der Waals surface area contributed by atoms with Gasteiger partial charge in [0.2, 0.25) is 0 Å². The van der Waals surface area contributed by atoms with Crippen molar-refractivity contribution < 1.29 is 118 Å². The van der Waals surface area contributed by atoms with Gasteiger partial charge in [-0.1, -0.05) is 265 Å². The van der Waals surface area contributed by atoms with Crippen LogP contribution in [-0.4, -0.2) is 221 Å². The van der Waals surface area contributed by atoms with E-state index in [2.05, 4.69) is 27.7 Å². The van der Waals surface area contributed by atoms with Crippen molar-refractivity contribution in [1.29, 1.82) is 0 Å². The topological polar surface area (TPSA) is 383 Å². The number of hydrogen-bond acceptors (Lipinski definition) is 23. The molecule has 0 aromatic carbocycles. The smallest absolute Gasteiger partial charge is 0.394 e. The summed E-state index contributed by atoms with van der Waals surface area (Å²) in [7, 11) is -5.63. The quantitative estimate of drug-likeness (QED) is 0.0153. The summed E-state index contributed by atoms with van der Waals surface area (Å²) in [6.45, 7) is 6.23. The van der Waals surface area contributed by atoms with Crippen LogP contribution < -0.4 is 0 Å². The van der Waals surface area contributed by atoms with E-state index in [1.165, 1.54) is 161 Å². The molecule has 14 N–H and O–H groups in total. The number of unbranched alkanes of at least 4 members (excludes halogenated alkanes) is 34. The van der Waals surface area contributed by atoms with E-state index in [4.69, 9.17) is 42.2 Å². The fraction of sp³-hybridized carbons (Fsp3) is 1.00. The zero-order valence-electron chi connectivity index (χ0n) is 60.1. The molecule has 3 aliphatic rings. The Morgan fingerprint density at radius 1 is 0.371 bits per heavy atom. The molecular weight excluding hydrogens is 1280 g/mol. The Balaban J connectivity index is 1.74. The molecular formula is C72H141O24P. The molecule has 97 heavy (non-hydrogen) atoms. The van der Waals surface area contributed by atoms with Crippen molar-refractivity contribution in [2.45, 2.75) is 427 Å². The van der Waals surface area contributed by atoms with Crippen LogP contribution in [0.2, 0.25) is 0 Å². The number of aliphatic hydroxyl groups is 13. The molecule has 1 saturated carbocycles. The Morgan fingerprint density at radius 3 is 1.07 bits per heavy atom. The van der Waals surface area contributed by atoms with Crippen LogP contribution in [0.1, 0.15) is 304 Å². The Bertz CT molecular complexity index is 1890. The molecule has 0 aromatic heterocycles. The van der Waals surface area contributed by atoms with Gasteiger partial charge >= 0.3 is 7.82 Å². The molecule has 24 nitrogen and oxygen atoms in total. The number of ether oxygens (including phenoxy) is 7. The Kier molecular flexibility index (Phi) is 51.2. The predicted molar refractivity (Wildman–Crippen MR) is 368 cm³/mol. The zero-order chi connectivity index (χ0) is 71.2. The summed E-state index contributed by atoms with van der Waals surface area (Å²) in [6.07, 6.45) is 7.58. The highest BCUT2D eigenvalue weighted by Gasteiger charge is 2.58. The summed E-state index contributed by atoms with van der Waals surface area (Å²) in [4.78, 5) is 11.6. The minimum Gasteiger partial charge on any atom is -0.394 e. The van der Waals surface area contributed by atoms with E-state index in [1.54, 1.807) is 0 Å². The number of phosphoric ester groups is 1. The average Bonchev–Trinajstić information content (AvgIpc) is 0.766. The van der Waals surface area contributed by atoms with Crippen LogP contribution in [0.5, 0.6) is 0 Å². The van der Waals surface area contributed by atoms with Crippen LogP contribution in [0.25, 0.3) is 0 Å². The molecule has 0 radical (unpaired) electrons. The highest BCUT2D eigenvalue weighted by molar-refractivity contribution is 7.47. The third kappa shape index (κ3) is 38.2. The van der Waals surface area contributed by atoms with Gasteiger partial charge in [0.05, 0.1) is 26.4 Å². The molecule has 578 valence electrons. The van der Waals surface area contributed by atoms with Gasteiger partial charge in [-0.15, -0.1) is 0 Å². The Hall–Kier alpha value is -0.690. The van der Waals surface area contributed by atoms with Crippen molar-refractivity contribution in [3.8, 4) is 0 Å². The molecule has 2 heterocycles. The van der Waals surface area contributed by atoms with E-state index >= 15 is 0 Å². The predicted octanol–water partition coefficient (Wildman–Crippen LogP) is 9.81. The third-order valence-electron chi connectivity index (χ3n) is 19.6. The second-order valence-electron chi connectivity index (χ2n) is 28.4. The first-order chi connectivity index (χ1) is 46.7. The summed E-state index contributed by atoms with van der Waals surface area (Å²) >= 11 is 0. The zero-order valence-corrected chi connectivity index (χ0v) is 61.0. The molecule has 25 heteroatoms. The Labute approximate surface area is 582 Å². The van der Waals surface area contributed by atoms with Gasteiger partial charge in [-0.3, -0.25) is 9.05 Å². The van der Waals surface area contributed by atoms with Crippen LogP contribution in [0.15, 0.2) is 0 Å². The molecule has 1 unspecified atom stereocenters. The van der Waals surface area contributed by atoms with Crippen molar-refractivity contribution in [3.63, 3.8) is 0 Å². The molecule has 22 atom stereocenters. The van der Waals surface area contributed by atoms with Crippen LogP contribution in [0.3, 0.4) is 0 Å². The van der Waals surface area contributed by atoms with Gasteiger partial charge in [0, 0.05) is 0 Å². The lowest BCUT2D eigenvalue weighted by Gasteiger charge is -2.49. The summed E-state index contributed by atoms with van der Waals surface area (Å²) in [6, 6.07) is 0. The Morgan fingerprint density at radius 2 is 0.691 bits per heavy atom. The van der Waals surface area contributed by atoms with Gasteiger partial charge in [-0.2, -0.15) is 0 Å². The van der Waals surface area contributed by atoms with E-state index in [-0.39, 0.29) is 19.3 Å². The average molecular weight is 1420 g/mol. The molecule has 2 aliphatic heterocycles. The van der Waals surface area contributed by atoms with E-state index in [1.807, 2.05) is 0 Å². The largest absolute Gasteiger partial charge is 0.472 e. The standard InChI is InChI=1S/C72H141O24P/c1-5-8-11-14-17-19-21-23-25-27-29-35-41-46-57(75)89-51-55-60(78)62(80)67(85)72(93-55)95-69-65(83)63(81)64(82)68(94-71-66(84)61(79)59(77)54(48-73)92-71)70(69)96-97(86,87)90-50-53(91-58(76)47-42-37-30-28-26-24-22-20-18-15-12-9-6-2)49-88-56(74)45-40-36-32-31-34-39-44-52(4)43-38-33-16-13-10-7-3/h52-85H,5-51H2,1-4H3,(H,86,87)/t52-,53+,54-,55-,56-,57+,58-,59-,60+,61-,62-,63-,64+,65+,66-,67-,68+,69-,70-,71-,72+/m0/s1. The lowest BCUT2D eigenvalue weighted by Crippen LogP contribution is -2.69. The van der Waals surface area contributed by atoms with E-state index in [0.717, 1.165) is 77.0 Å². The molecule has 3 rings (SSSR count). The first-order valence-corrected chi connectivity index (χ1v) is 40.1. The monoisotopic (exact) mass is 1420 g/mol. The third-order valence-corrected chi connectivity index (χ3v) is 20.6. The number of phosphoric acid groups is 1. The SMILES string of the molecule is CCCCCCCCCCCCCCC[C@@H](O)O[C@H](CO[C@H](O)CCCCCCCC[C@@H](C)CCCCCCCC)COP(=O)(O)O[C@H]1[C@H](O[C@@H]2O[C@@H](CO)[C@H](O)[C@H](O)[C@@H]2O)[C@H](O)[C@H](O)[C@@H](O)[C@@H]1O[C@H]1O[C@@H](CO[C@@H](O)CCCCCCCCCCCCCCC)[C@@H](O)[C@H](O)[C@@H]1O. The highest BCUT2D eigenvalue weighted by atomic mass is 31.2. The van der Waals surface area contributed by atoms with Crippen molar-refractivity contribution in [2.75, 3.05) is 26.4 Å². The van der Waals surface area contributed by atoms with E-state index in [9.17, 15) is 75.8 Å². The maximum atomic E-state index is 14.4. The summed E-state index contributed by atoms with van der Waals surface area (Å²) < 4.78 is 66.1. The molecule has 0 bridgehead atoms. The van der Waals surface area contributed by atoms with Crippen LogP contribution in [0, 0.1) is 5.92 Å². The number of aliphatic hydroxyl groups excluding tert-OH is 13.